The predicted molar refractivity (Wildman–Crippen MR) is 83.0 cm³/mol. The van der Waals surface area contributed by atoms with Gasteiger partial charge in [-0.05, 0) is 24.1 Å². The van der Waals surface area contributed by atoms with Gasteiger partial charge >= 0.3 is 0 Å². The minimum atomic E-state index is -0.422. The first-order chi connectivity index (χ1) is 10.0. The Kier molecular flexibility index (Phi) is 5.01. The third-order valence-corrected chi connectivity index (χ3v) is 4.50. The summed E-state index contributed by atoms with van der Waals surface area (Å²) in [6, 6.07) is 5.35. The molecule has 21 heavy (non-hydrogen) atoms. The van der Waals surface area contributed by atoms with Crippen molar-refractivity contribution in [2.45, 2.75) is 31.3 Å². The molecule has 1 aromatic heterocycles. The molecule has 0 fully saturated rings. The highest BCUT2D eigenvalue weighted by Gasteiger charge is 2.13. The molecule has 0 aliphatic heterocycles. The Labute approximate surface area is 126 Å². The zero-order valence-electron chi connectivity index (χ0n) is 11.9. The van der Waals surface area contributed by atoms with Gasteiger partial charge in [0.25, 0.3) is 5.56 Å². The molecule has 2 aromatic rings. The molecule has 0 bridgehead atoms. The van der Waals surface area contributed by atoms with E-state index in [1.165, 1.54) is 24.3 Å². The predicted octanol–water partition coefficient (Wildman–Crippen LogP) is 3.31. The number of hydrogen-bond donors (Lipinski definition) is 2. The lowest BCUT2D eigenvalue weighted by molar-refractivity contribution is 0.451. The number of aromatic amines is 1. The largest absolute Gasteiger partial charge is 0.493 e. The van der Waals surface area contributed by atoms with Gasteiger partial charge in [0, 0.05) is 5.25 Å². The summed E-state index contributed by atoms with van der Waals surface area (Å²) in [5.41, 5.74) is 0.0740. The highest BCUT2D eigenvalue weighted by atomic mass is 32.2. The minimum Gasteiger partial charge on any atom is -0.493 e. The Hall–Kier alpha value is -1.82. The Morgan fingerprint density at radius 1 is 1.38 bits per heavy atom. The van der Waals surface area contributed by atoms with E-state index in [0.29, 0.717) is 22.4 Å². The molecule has 0 saturated carbocycles. The van der Waals surface area contributed by atoms with Crippen molar-refractivity contribution >= 4 is 11.8 Å². The molecule has 6 heteroatoms. The van der Waals surface area contributed by atoms with Gasteiger partial charge in [-0.3, -0.25) is 4.79 Å². The van der Waals surface area contributed by atoms with Gasteiger partial charge in [0.05, 0.1) is 5.75 Å². The molecular weight excluding hydrogens is 291 g/mol. The second-order valence-electron chi connectivity index (χ2n) is 4.75. The summed E-state index contributed by atoms with van der Waals surface area (Å²) in [6.45, 7) is 4.18. The normalized spacial score (nSPS) is 12.3. The highest BCUT2D eigenvalue weighted by molar-refractivity contribution is 7.99. The van der Waals surface area contributed by atoms with E-state index in [1.807, 2.05) is 0 Å². The van der Waals surface area contributed by atoms with Crippen molar-refractivity contribution in [3.63, 3.8) is 0 Å². The second-order valence-corrected chi connectivity index (χ2v) is 6.17. The van der Waals surface area contributed by atoms with Gasteiger partial charge < -0.3 is 10.1 Å². The first-order valence-electron chi connectivity index (χ1n) is 6.71. The fourth-order valence-corrected chi connectivity index (χ4v) is 2.61. The number of nitrogens with one attached hydrogen (secondary N) is 1. The smallest absolute Gasteiger partial charge is 0.262 e. The topological polar surface area (TPSA) is 66.0 Å². The minimum absolute atomic E-state index is 0.0623. The molecule has 0 radical (unpaired) electrons. The lowest BCUT2D eigenvalue weighted by Crippen LogP contribution is -2.14. The molecule has 2 rings (SSSR count). The van der Waals surface area contributed by atoms with Crippen molar-refractivity contribution < 1.29 is 9.50 Å². The van der Waals surface area contributed by atoms with Crippen molar-refractivity contribution in [1.29, 1.82) is 0 Å². The van der Waals surface area contributed by atoms with E-state index >= 15 is 0 Å². The average molecular weight is 308 g/mol. The number of hydrogen-bond acceptors (Lipinski definition) is 4. The Morgan fingerprint density at radius 2 is 2.05 bits per heavy atom. The monoisotopic (exact) mass is 308 g/mol. The molecular formula is C15H17FN2O2S. The molecule has 0 saturated heterocycles. The van der Waals surface area contributed by atoms with Crippen LogP contribution in [0.3, 0.4) is 0 Å². The first-order valence-corrected chi connectivity index (χ1v) is 7.75. The van der Waals surface area contributed by atoms with Crippen LogP contribution >= 0.6 is 11.8 Å². The van der Waals surface area contributed by atoms with Gasteiger partial charge in [-0.25, -0.2) is 4.39 Å². The van der Waals surface area contributed by atoms with Crippen molar-refractivity contribution in [2.75, 3.05) is 0 Å². The van der Waals surface area contributed by atoms with Crippen molar-refractivity contribution in [2.24, 2.45) is 0 Å². The number of halogens is 1. The zero-order chi connectivity index (χ0) is 15.4. The average Bonchev–Trinajstić information content (AvgIpc) is 2.46. The van der Waals surface area contributed by atoms with Crippen LogP contribution in [0.4, 0.5) is 4.39 Å². The second kappa shape index (κ2) is 6.76. The lowest BCUT2D eigenvalue weighted by Gasteiger charge is -2.09. The van der Waals surface area contributed by atoms with E-state index in [-0.39, 0.29) is 11.4 Å². The van der Waals surface area contributed by atoms with Gasteiger partial charge in [0.2, 0.25) is 5.88 Å². The Bertz CT molecular complexity index is 670. The molecule has 1 atom stereocenters. The maximum absolute atomic E-state index is 12.9. The number of aromatic hydroxyl groups is 1. The van der Waals surface area contributed by atoms with E-state index < -0.39 is 11.4 Å². The summed E-state index contributed by atoms with van der Waals surface area (Å²) in [4.78, 5) is 18.8. The number of H-pyrrole nitrogens is 1. The Balaban J connectivity index is 2.29. The van der Waals surface area contributed by atoms with Crippen LogP contribution < -0.4 is 5.56 Å². The number of nitrogens with zero attached hydrogens (tertiary/aromatic N) is 1. The molecule has 4 nitrogen and oxygen atoms in total. The van der Waals surface area contributed by atoms with Crippen LogP contribution in [0, 0.1) is 5.82 Å². The summed E-state index contributed by atoms with van der Waals surface area (Å²) < 4.78 is 12.9. The van der Waals surface area contributed by atoms with Crippen LogP contribution in [0.15, 0.2) is 29.1 Å². The molecule has 1 unspecified atom stereocenters. The van der Waals surface area contributed by atoms with Gasteiger partial charge in [-0.1, -0.05) is 26.0 Å². The summed E-state index contributed by atoms with van der Waals surface area (Å²) in [7, 11) is 0. The van der Waals surface area contributed by atoms with Crippen LogP contribution in [-0.4, -0.2) is 20.3 Å². The van der Waals surface area contributed by atoms with E-state index in [9.17, 15) is 14.3 Å². The number of benzene rings is 1. The van der Waals surface area contributed by atoms with E-state index in [1.54, 1.807) is 11.8 Å². The maximum atomic E-state index is 12.9. The van der Waals surface area contributed by atoms with Gasteiger partial charge in [-0.2, -0.15) is 16.7 Å². The van der Waals surface area contributed by atoms with Crippen LogP contribution in [0.25, 0.3) is 11.1 Å². The fraction of sp³-hybridized carbons (Fsp3) is 0.333. The summed E-state index contributed by atoms with van der Waals surface area (Å²) in [6.07, 6.45) is 1.02. The molecule has 1 aromatic carbocycles. The fourth-order valence-electron chi connectivity index (χ4n) is 1.79. The number of aromatic nitrogens is 2. The molecule has 0 aliphatic carbocycles. The lowest BCUT2D eigenvalue weighted by atomic mass is 10.1. The van der Waals surface area contributed by atoms with Crippen LogP contribution in [0.1, 0.15) is 26.1 Å². The zero-order valence-corrected chi connectivity index (χ0v) is 12.7. The van der Waals surface area contributed by atoms with Crippen molar-refractivity contribution in [3.8, 4) is 17.0 Å². The van der Waals surface area contributed by atoms with Crippen LogP contribution in [-0.2, 0) is 5.75 Å². The molecule has 0 spiro atoms. The van der Waals surface area contributed by atoms with Gasteiger partial charge in [0.1, 0.15) is 17.2 Å². The molecule has 1 heterocycles. The van der Waals surface area contributed by atoms with E-state index in [2.05, 4.69) is 23.8 Å². The number of thioether (sulfide) groups is 1. The molecule has 112 valence electrons. The highest BCUT2D eigenvalue weighted by Crippen LogP contribution is 2.25. The summed E-state index contributed by atoms with van der Waals surface area (Å²) >= 11 is 1.66. The van der Waals surface area contributed by atoms with Gasteiger partial charge in [0.15, 0.2) is 0 Å². The molecule has 0 aliphatic rings. The quantitative estimate of drug-likeness (QED) is 0.889. The molecule has 2 N–H and O–H groups in total. The molecule has 0 amide bonds. The standard InChI is InChI=1S/C15H17FN2O2S/c1-3-9(2)21-8-12-17-14(19)13(15(20)18-12)10-4-6-11(16)7-5-10/h4-7,9H,3,8H2,1-2H3,(H2,17,18,19,20). The van der Waals surface area contributed by atoms with E-state index in [0.717, 1.165) is 6.42 Å². The van der Waals surface area contributed by atoms with Gasteiger partial charge in [-0.15, -0.1) is 0 Å². The third-order valence-electron chi connectivity index (χ3n) is 3.16. The van der Waals surface area contributed by atoms with Crippen LogP contribution in [0.5, 0.6) is 5.88 Å². The number of rotatable bonds is 5. The van der Waals surface area contributed by atoms with E-state index in [4.69, 9.17) is 0 Å². The Morgan fingerprint density at radius 3 is 2.62 bits per heavy atom. The maximum Gasteiger partial charge on any atom is 0.262 e. The SMILES string of the molecule is CCC(C)SCc1nc(O)c(-c2ccc(F)cc2)c(=O)[nH]1. The summed E-state index contributed by atoms with van der Waals surface area (Å²) in [5, 5.41) is 10.4. The van der Waals surface area contributed by atoms with Crippen LogP contribution in [0.2, 0.25) is 0 Å². The van der Waals surface area contributed by atoms with Crippen molar-refractivity contribution in [3.05, 3.63) is 46.3 Å². The van der Waals surface area contributed by atoms with Crippen molar-refractivity contribution in [1.82, 2.24) is 9.97 Å². The first kappa shape index (κ1) is 15.6. The third kappa shape index (κ3) is 3.85. The summed E-state index contributed by atoms with van der Waals surface area (Å²) in [5.74, 6) is 0.240.